The summed E-state index contributed by atoms with van der Waals surface area (Å²) in [6.07, 6.45) is 0. The minimum absolute atomic E-state index is 0.213. The highest BCUT2D eigenvalue weighted by Crippen LogP contribution is 2.45. The van der Waals surface area contributed by atoms with Crippen molar-refractivity contribution in [3.63, 3.8) is 0 Å². The Kier molecular flexibility index (Phi) is 5.29. The first kappa shape index (κ1) is 19.5. The number of hydrogen-bond acceptors (Lipinski definition) is 4. The van der Waals surface area contributed by atoms with E-state index in [4.69, 9.17) is 9.98 Å². The zero-order valence-corrected chi connectivity index (χ0v) is 17.8. The van der Waals surface area contributed by atoms with Gasteiger partial charge in [0, 0.05) is 5.69 Å². The van der Waals surface area contributed by atoms with E-state index in [9.17, 15) is 0 Å². The van der Waals surface area contributed by atoms with Crippen molar-refractivity contribution in [3.05, 3.63) is 102 Å². The zero-order valence-electron chi connectivity index (χ0n) is 17.0. The number of thioether (sulfide) groups is 1. The average Bonchev–Trinajstić information content (AvgIpc) is 3.07. The molecule has 3 aromatic carbocycles. The van der Waals surface area contributed by atoms with Crippen LogP contribution in [-0.2, 0) is 5.54 Å². The third-order valence-electron chi connectivity index (χ3n) is 4.62. The first-order valence-electron chi connectivity index (χ1n) is 9.78. The molecule has 3 nitrogen and oxygen atoms in total. The van der Waals surface area contributed by atoms with Crippen molar-refractivity contribution in [2.24, 2.45) is 9.98 Å². The van der Waals surface area contributed by atoms with Crippen molar-refractivity contribution in [2.75, 3.05) is 5.32 Å². The summed E-state index contributed by atoms with van der Waals surface area (Å²) >= 11 is 1.62. The molecule has 0 aromatic heterocycles. The smallest absolute Gasteiger partial charge is 0.168 e. The first-order valence-corrected chi connectivity index (χ1v) is 10.6. The van der Waals surface area contributed by atoms with Crippen LogP contribution in [-0.4, -0.2) is 15.8 Å². The lowest BCUT2D eigenvalue weighted by Gasteiger charge is -2.29. The average molecular weight is 400 g/mol. The Balaban J connectivity index is 1.91. The fourth-order valence-corrected chi connectivity index (χ4v) is 4.68. The van der Waals surface area contributed by atoms with Gasteiger partial charge in [0.2, 0.25) is 0 Å². The van der Waals surface area contributed by atoms with Crippen LogP contribution < -0.4 is 5.32 Å². The standard InChI is InChI=1S/C25H25N3S/c1-24(2,3)27-22-25(19-13-7-4-8-14-19,20-15-9-5-10-16-20)28-23(29-22)26-21-17-11-6-12-18-21/h4-18H,1-3H3,(H,26,28). The third kappa shape index (κ3) is 4.13. The highest BCUT2D eigenvalue weighted by molar-refractivity contribution is 8.27. The van der Waals surface area contributed by atoms with Crippen LogP contribution in [0.5, 0.6) is 0 Å². The van der Waals surface area contributed by atoms with E-state index in [1.807, 2.05) is 30.3 Å². The number of para-hydroxylation sites is 1. The minimum atomic E-state index is -0.655. The lowest BCUT2D eigenvalue weighted by Crippen LogP contribution is -2.32. The monoisotopic (exact) mass is 399 g/mol. The Morgan fingerprint density at radius 3 is 1.72 bits per heavy atom. The van der Waals surface area contributed by atoms with E-state index >= 15 is 0 Å². The summed E-state index contributed by atoms with van der Waals surface area (Å²) in [5.41, 5.74) is 2.39. The Morgan fingerprint density at radius 1 is 0.759 bits per heavy atom. The summed E-state index contributed by atoms with van der Waals surface area (Å²) < 4.78 is 0. The molecule has 1 aliphatic heterocycles. The summed E-state index contributed by atoms with van der Waals surface area (Å²) in [7, 11) is 0. The summed E-state index contributed by atoms with van der Waals surface area (Å²) in [5.74, 6) is 0. The summed E-state index contributed by atoms with van der Waals surface area (Å²) in [4.78, 5) is 10.4. The number of rotatable bonds is 3. The summed E-state index contributed by atoms with van der Waals surface area (Å²) in [5, 5.41) is 5.32. The van der Waals surface area contributed by atoms with E-state index in [2.05, 4.69) is 86.8 Å². The second-order valence-corrected chi connectivity index (χ2v) is 9.02. The van der Waals surface area contributed by atoms with Gasteiger partial charge in [0.05, 0.1) is 5.54 Å². The van der Waals surface area contributed by atoms with E-state index in [1.165, 1.54) is 0 Å². The summed E-state index contributed by atoms with van der Waals surface area (Å²) in [6, 6.07) is 31.1. The van der Waals surface area contributed by atoms with Crippen LogP contribution in [0.4, 0.5) is 5.69 Å². The maximum atomic E-state index is 5.26. The van der Waals surface area contributed by atoms with E-state index in [0.717, 1.165) is 27.0 Å². The van der Waals surface area contributed by atoms with Gasteiger partial charge in [0.15, 0.2) is 10.7 Å². The van der Waals surface area contributed by atoms with Crippen LogP contribution in [0.2, 0.25) is 0 Å². The third-order valence-corrected chi connectivity index (χ3v) is 5.58. The predicted molar refractivity (Wildman–Crippen MR) is 126 cm³/mol. The van der Waals surface area contributed by atoms with Crippen molar-refractivity contribution >= 4 is 27.7 Å². The molecule has 0 saturated heterocycles. The molecule has 0 bridgehead atoms. The van der Waals surface area contributed by atoms with E-state index in [-0.39, 0.29) is 5.54 Å². The van der Waals surface area contributed by atoms with Crippen molar-refractivity contribution in [1.29, 1.82) is 0 Å². The number of amidine groups is 1. The molecule has 1 N–H and O–H groups in total. The molecule has 0 unspecified atom stereocenters. The van der Waals surface area contributed by atoms with Crippen LogP contribution >= 0.6 is 11.8 Å². The lowest BCUT2D eigenvalue weighted by molar-refractivity contribution is 0.576. The van der Waals surface area contributed by atoms with Gasteiger partial charge in [-0.3, -0.25) is 4.99 Å². The number of benzene rings is 3. The van der Waals surface area contributed by atoms with Crippen LogP contribution in [0.3, 0.4) is 0 Å². The number of hydrogen-bond donors (Lipinski definition) is 1. The van der Waals surface area contributed by atoms with Gasteiger partial charge >= 0.3 is 0 Å². The zero-order chi connectivity index (χ0) is 20.3. The maximum absolute atomic E-state index is 5.26. The van der Waals surface area contributed by atoms with Crippen molar-refractivity contribution in [1.82, 2.24) is 0 Å². The number of nitrogens with zero attached hydrogens (tertiary/aromatic N) is 2. The molecule has 0 aliphatic carbocycles. The van der Waals surface area contributed by atoms with Crippen LogP contribution in [0, 0.1) is 0 Å². The van der Waals surface area contributed by atoms with E-state index < -0.39 is 5.54 Å². The molecule has 0 radical (unpaired) electrons. The van der Waals surface area contributed by atoms with Gasteiger partial charge in [0.1, 0.15) is 5.04 Å². The molecule has 0 fully saturated rings. The maximum Gasteiger partial charge on any atom is 0.168 e. The van der Waals surface area contributed by atoms with Crippen molar-refractivity contribution < 1.29 is 0 Å². The molecule has 0 amide bonds. The second kappa shape index (κ2) is 7.88. The minimum Gasteiger partial charge on any atom is -0.335 e. The Hall–Kier alpha value is -2.85. The molecule has 1 heterocycles. The topological polar surface area (TPSA) is 36.8 Å². The van der Waals surface area contributed by atoms with Gasteiger partial charge in [-0.1, -0.05) is 78.9 Å². The second-order valence-electron chi connectivity index (χ2n) is 8.04. The first-order chi connectivity index (χ1) is 14.0. The molecule has 146 valence electrons. The molecule has 4 rings (SSSR count). The predicted octanol–water partition coefficient (Wildman–Crippen LogP) is 6.34. The molecule has 29 heavy (non-hydrogen) atoms. The van der Waals surface area contributed by atoms with Crippen LogP contribution in [0.25, 0.3) is 0 Å². The molecule has 0 atom stereocenters. The molecule has 3 aromatic rings. The fourth-order valence-electron chi connectivity index (χ4n) is 3.40. The largest absolute Gasteiger partial charge is 0.335 e. The van der Waals surface area contributed by atoms with E-state index in [1.54, 1.807) is 11.8 Å². The molecule has 1 aliphatic rings. The van der Waals surface area contributed by atoms with Gasteiger partial charge < -0.3 is 5.32 Å². The van der Waals surface area contributed by atoms with Gasteiger partial charge in [-0.05, 0) is 55.8 Å². The van der Waals surface area contributed by atoms with Gasteiger partial charge in [-0.2, -0.15) is 0 Å². The SMILES string of the molecule is CC(C)(C)N=C1SC(Nc2ccccc2)=NC1(c1ccccc1)c1ccccc1. The fraction of sp³-hybridized carbons (Fsp3) is 0.200. The Morgan fingerprint density at radius 2 is 1.24 bits per heavy atom. The molecular formula is C25H25N3S. The van der Waals surface area contributed by atoms with Crippen molar-refractivity contribution in [3.8, 4) is 0 Å². The van der Waals surface area contributed by atoms with Crippen LogP contribution in [0.15, 0.2) is 101 Å². The Labute approximate surface area is 177 Å². The molecule has 0 spiro atoms. The van der Waals surface area contributed by atoms with E-state index in [0.29, 0.717) is 0 Å². The summed E-state index contributed by atoms with van der Waals surface area (Å²) in [6.45, 7) is 6.39. The highest BCUT2D eigenvalue weighted by atomic mass is 32.2. The molecular weight excluding hydrogens is 374 g/mol. The van der Waals surface area contributed by atoms with Gasteiger partial charge in [0.25, 0.3) is 0 Å². The van der Waals surface area contributed by atoms with Gasteiger partial charge in [-0.15, -0.1) is 0 Å². The highest BCUT2D eigenvalue weighted by Gasteiger charge is 2.46. The lowest BCUT2D eigenvalue weighted by atomic mass is 9.84. The van der Waals surface area contributed by atoms with Crippen LogP contribution in [0.1, 0.15) is 31.9 Å². The van der Waals surface area contributed by atoms with Gasteiger partial charge in [-0.25, -0.2) is 4.99 Å². The normalized spacial score (nSPS) is 17.2. The number of nitrogens with one attached hydrogen (secondary N) is 1. The quantitative estimate of drug-likeness (QED) is 0.558. The number of anilines is 1. The number of aliphatic imine (C=N–C) groups is 2. The van der Waals surface area contributed by atoms with Crippen molar-refractivity contribution in [2.45, 2.75) is 31.8 Å². The Bertz CT molecular complexity index is 980. The molecule has 4 heteroatoms. The molecule has 0 saturated carbocycles.